The molecule has 0 radical (unpaired) electrons. The molecular weight excluding hydrogens is 324 g/mol. The van der Waals surface area contributed by atoms with Gasteiger partial charge >= 0.3 is 0 Å². The highest BCUT2D eigenvalue weighted by Crippen LogP contribution is 2.31. The molecule has 0 spiro atoms. The van der Waals surface area contributed by atoms with E-state index in [1.807, 2.05) is 18.2 Å². The van der Waals surface area contributed by atoms with Crippen LogP contribution in [0.25, 0.3) is 0 Å². The first-order valence-electron chi connectivity index (χ1n) is 10.4. The average molecular weight is 357 g/mol. The normalized spacial score (nSPS) is 24.5. The lowest BCUT2D eigenvalue weighted by molar-refractivity contribution is -0.136. The van der Waals surface area contributed by atoms with E-state index in [-0.39, 0.29) is 23.8 Å². The number of hydrogen-bond donors (Lipinski definition) is 1. The first-order chi connectivity index (χ1) is 12.8. The Morgan fingerprint density at radius 3 is 2.69 bits per heavy atom. The minimum Gasteiger partial charge on any atom is -0.356 e. The number of carbonyl (C=O) groups is 2. The van der Waals surface area contributed by atoms with Gasteiger partial charge in [0.25, 0.3) is 0 Å². The van der Waals surface area contributed by atoms with Gasteiger partial charge in [0.15, 0.2) is 0 Å². The summed E-state index contributed by atoms with van der Waals surface area (Å²) in [6.45, 7) is 1.60. The highest BCUT2D eigenvalue weighted by molar-refractivity contribution is 5.82. The maximum Gasteiger partial charge on any atom is 0.225 e. The number of fused-ring (bicyclic) bond motifs is 1. The van der Waals surface area contributed by atoms with Gasteiger partial charge in [0.1, 0.15) is 0 Å². The van der Waals surface area contributed by atoms with Gasteiger partial charge < -0.3 is 10.2 Å². The van der Waals surface area contributed by atoms with Crippen LogP contribution in [0.15, 0.2) is 30.3 Å². The fourth-order valence-electron chi connectivity index (χ4n) is 4.43. The van der Waals surface area contributed by atoms with Crippen LogP contribution < -0.4 is 5.32 Å². The van der Waals surface area contributed by atoms with Crippen LogP contribution in [0.3, 0.4) is 0 Å². The van der Waals surface area contributed by atoms with Gasteiger partial charge in [-0.1, -0.05) is 49.6 Å². The molecule has 1 saturated carbocycles. The Hall–Kier alpha value is -1.84. The molecule has 1 saturated heterocycles. The maximum absolute atomic E-state index is 13.0. The summed E-state index contributed by atoms with van der Waals surface area (Å²) in [5, 5.41) is 3.10. The predicted molar refractivity (Wildman–Crippen MR) is 104 cm³/mol. The first kappa shape index (κ1) is 18.9. The molecule has 1 aliphatic carbocycles. The Morgan fingerprint density at radius 2 is 1.85 bits per heavy atom. The molecule has 2 amide bonds. The Kier molecular flexibility index (Phi) is 7.10. The topological polar surface area (TPSA) is 49.4 Å². The van der Waals surface area contributed by atoms with E-state index in [2.05, 4.69) is 22.3 Å². The lowest BCUT2D eigenvalue weighted by atomic mass is 9.99. The third-order valence-corrected chi connectivity index (χ3v) is 5.86. The third-order valence-electron chi connectivity index (χ3n) is 5.86. The molecule has 4 nitrogen and oxygen atoms in total. The van der Waals surface area contributed by atoms with Crippen molar-refractivity contribution in [1.29, 1.82) is 0 Å². The molecule has 1 N–H and O–H groups in total. The van der Waals surface area contributed by atoms with Crippen molar-refractivity contribution >= 4 is 11.8 Å². The van der Waals surface area contributed by atoms with E-state index in [0.29, 0.717) is 6.42 Å². The number of hydrogen-bond acceptors (Lipinski definition) is 2. The molecule has 2 fully saturated rings. The maximum atomic E-state index is 13.0. The smallest absolute Gasteiger partial charge is 0.225 e. The van der Waals surface area contributed by atoms with Crippen LogP contribution in [0.2, 0.25) is 0 Å². The van der Waals surface area contributed by atoms with Crippen molar-refractivity contribution in [3.05, 3.63) is 35.9 Å². The van der Waals surface area contributed by atoms with Crippen LogP contribution in [0.4, 0.5) is 0 Å². The van der Waals surface area contributed by atoms with Crippen molar-refractivity contribution in [3.63, 3.8) is 0 Å². The molecule has 1 aromatic rings. The van der Waals surface area contributed by atoms with Gasteiger partial charge in [0.05, 0.1) is 5.92 Å². The van der Waals surface area contributed by atoms with Crippen molar-refractivity contribution < 1.29 is 9.59 Å². The van der Waals surface area contributed by atoms with E-state index in [1.54, 1.807) is 0 Å². The summed E-state index contributed by atoms with van der Waals surface area (Å²) >= 11 is 0. The zero-order chi connectivity index (χ0) is 18.2. The molecular formula is C22H32N2O2. The molecule has 1 aliphatic heterocycles. The molecule has 2 atom stereocenters. The van der Waals surface area contributed by atoms with E-state index >= 15 is 0 Å². The Morgan fingerprint density at radius 1 is 1.04 bits per heavy atom. The minimum absolute atomic E-state index is 0.00817. The summed E-state index contributed by atoms with van der Waals surface area (Å²) in [6, 6.07) is 10.5. The lowest BCUT2D eigenvalue weighted by Gasteiger charge is -2.32. The number of rotatable bonds is 4. The summed E-state index contributed by atoms with van der Waals surface area (Å²) < 4.78 is 0. The molecule has 142 valence electrons. The molecule has 26 heavy (non-hydrogen) atoms. The highest BCUT2D eigenvalue weighted by atomic mass is 16.2. The van der Waals surface area contributed by atoms with Crippen LogP contribution in [0, 0.1) is 5.92 Å². The number of benzene rings is 1. The molecule has 0 bridgehead atoms. The van der Waals surface area contributed by atoms with Crippen molar-refractivity contribution in [1.82, 2.24) is 10.2 Å². The van der Waals surface area contributed by atoms with Crippen LogP contribution in [0.1, 0.15) is 63.4 Å². The summed E-state index contributed by atoms with van der Waals surface area (Å²) in [5.41, 5.74) is 1.29. The zero-order valence-corrected chi connectivity index (χ0v) is 15.8. The summed E-state index contributed by atoms with van der Waals surface area (Å²) in [5.74, 6) is 0.396. The summed E-state index contributed by atoms with van der Waals surface area (Å²) in [4.78, 5) is 27.6. The number of nitrogens with zero attached hydrogens (tertiary/aromatic N) is 1. The Bertz CT molecular complexity index is 587. The molecule has 1 aromatic carbocycles. The molecule has 2 aliphatic rings. The van der Waals surface area contributed by atoms with Crippen LogP contribution in [-0.4, -0.2) is 35.8 Å². The fraction of sp³-hybridized carbons (Fsp3) is 0.636. The van der Waals surface area contributed by atoms with Crippen molar-refractivity contribution in [2.45, 2.75) is 70.3 Å². The quantitative estimate of drug-likeness (QED) is 0.894. The van der Waals surface area contributed by atoms with Gasteiger partial charge in [-0.2, -0.15) is 0 Å². The molecule has 3 rings (SSSR count). The SMILES string of the molecule is O=C1NCCCCCCN(C(=O)CCCc2ccccc2)C2CCCC12. The zero-order valence-electron chi connectivity index (χ0n) is 15.8. The van der Waals surface area contributed by atoms with E-state index in [0.717, 1.165) is 70.9 Å². The Balaban J connectivity index is 1.61. The average Bonchev–Trinajstić information content (AvgIpc) is 3.12. The summed E-state index contributed by atoms with van der Waals surface area (Å²) in [6.07, 6.45) is 9.73. The van der Waals surface area contributed by atoms with E-state index < -0.39 is 0 Å². The summed E-state index contributed by atoms with van der Waals surface area (Å²) in [7, 11) is 0. The molecule has 4 heteroatoms. The van der Waals surface area contributed by atoms with Gasteiger partial charge in [-0.05, 0) is 44.1 Å². The van der Waals surface area contributed by atoms with E-state index in [4.69, 9.17) is 0 Å². The van der Waals surface area contributed by atoms with Gasteiger partial charge in [-0.25, -0.2) is 0 Å². The van der Waals surface area contributed by atoms with Gasteiger partial charge in [-0.3, -0.25) is 9.59 Å². The predicted octanol–water partition coefficient (Wildman–Crippen LogP) is 3.70. The second kappa shape index (κ2) is 9.75. The van der Waals surface area contributed by atoms with Crippen molar-refractivity contribution in [3.8, 4) is 0 Å². The van der Waals surface area contributed by atoms with Crippen LogP contribution >= 0.6 is 0 Å². The van der Waals surface area contributed by atoms with Gasteiger partial charge in [0.2, 0.25) is 11.8 Å². The van der Waals surface area contributed by atoms with Gasteiger partial charge in [0, 0.05) is 25.6 Å². The second-order valence-corrected chi connectivity index (χ2v) is 7.74. The minimum atomic E-state index is -0.00817. The van der Waals surface area contributed by atoms with E-state index in [9.17, 15) is 9.59 Å². The van der Waals surface area contributed by atoms with E-state index in [1.165, 1.54) is 5.56 Å². The molecule has 0 aromatic heterocycles. The van der Waals surface area contributed by atoms with Crippen molar-refractivity contribution in [2.75, 3.05) is 13.1 Å². The number of carbonyl (C=O) groups excluding carboxylic acids is 2. The number of nitrogens with one attached hydrogen (secondary N) is 1. The monoisotopic (exact) mass is 356 g/mol. The highest BCUT2D eigenvalue weighted by Gasteiger charge is 2.38. The molecule has 2 unspecified atom stereocenters. The second-order valence-electron chi connectivity index (χ2n) is 7.74. The first-order valence-corrected chi connectivity index (χ1v) is 10.4. The largest absolute Gasteiger partial charge is 0.356 e. The van der Waals surface area contributed by atoms with Crippen LogP contribution in [0.5, 0.6) is 0 Å². The fourth-order valence-corrected chi connectivity index (χ4v) is 4.43. The Labute approximate surface area is 157 Å². The molecule has 1 heterocycles. The number of amides is 2. The third kappa shape index (κ3) is 5.09. The van der Waals surface area contributed by atoms with Crippen LogP contribution in [-0.2, 0) is 16.0 Å². The standard InChI is InChI=1S/C22H32N2O2/c25-21(15-8-12-18-10-4-3-5-11-18)24-17-7-2-1-6-16-23-22(26)19-13-9-14-20(19)24/h3-5,10-11,19-20H,1-2,6-9,12-17H2,(H,23,26). The van der Waals surface area contributed by atoms with Crippen molar-refractivity contribution in [2.24, 2.45) is 5.92 Å². The van der Waals surface area contributed by atoms with Gasteiger partial charge in [-0.15, -0.1) is 0 Å². The number of aryl methyl sites for hydroxylation is 1. The lowest BCUT2D eigenvalue weighted by Crippen LogP contribution is -2.47.